The maximum absolute atomic E-state index is 13.5. The summed E-state index contributed by atoms with van der Waals surface area (Å²) in [6.07, 6.45) is 73.8. The monoisotopic (exact) mass is 1580 g/mol. The summed E-state index contributed by atoms with van der Waals surface area (Å²) < 4.78 is 34.5. The van der Waals surface area contributed by atoms with E-state index in [-0.39, 0.29) is 18.9 Å². The van der Waals surface area contributed by atoms with Gasteiger partial charge in [0.1, 0.15) is 73.2 Å². The largest absolute Gasteiger partial charge is 0.394 e. The zero-order valence-electron chi connectivity index (χ0n) is 69.9. The smallest absolute Gasteiger partial charge is 0.220 e. The summed E-state index contributed by atoms with van der Waals surface area (Å²) in [7, 11) is 0. The highest BCUT2D eigenvalue weighted by molar-refractivity contribution is 5.76. The Morgan fingerprint density at radius 2 is 0.625 bits per heavy atom. The van der Waals surface area contributed by atoms with Crippen LogP contribution in [0, 0.1) is 0 Å². The quantitative estimate of drug-likeness (QED) is 0.0199. The van der Waals surface area contributed by atoms with Crippen molar-refractivity contribution in [3.63, 3.8) is 0 Å². The highest BCUT2D eigenvalue weighted by atomic mass is 16.8. The van der Waals surface area contributed by atoms with Crippen molar-refractivity contribution in [1.29, 1.82) is 0 Å². The Balaban J connectivity index is 1.34. The van der Waals surface area contributed by atoms with E-state index in [0.717, 1.165) is 89.9 Å². The Hall–Kier alpha value is -3.55. The summed E-state index contributed by atoms with van der Waals surface area (Å²) in [4.78, 5) is 13.5. The second kappa shape index (κ2) is 71.5. The van der Waals surface area contributed by atoms with Gasteiger partial charge in [-0.2, -0.15) is 0 Å². The number of carbonyl (C=O) groups excluding carboxylic acids is 1. The first kappa shape index (κ1) is 103. The van der Waals surface area contributed by atoms with Crippen molar-refractivity contribution in [2.75, 3.05) is 26.4 Å². The number of hydrogen-bond donors (Lipinski definition) is 12. The van der Waals surface area contributed by atoms with Crippen molar-refractivity contribution in [3.8, 4) is 0 Å². The lowest BCUT2D eigenvalue weighted by molar-refractivity contribution is -0.379. The Kier molecular flexibility index (Phi) is 65.6. The summed E-state index contributed by atoms with van der Waals surface area (Å²) in [5.74, 6) is -0.285. The van der Waals surface area contributed by atoms with Crippen LogP contribution < -0.4 is 5.32 Å². The van der Waals surface area contributed by atoms with E-state index in [1.807, 2.05) is 6.08 Å². The van der Waals surface area contributed by atoms with E-state index in [1.54, 1.807) is 6.08 Å². The van der Waals surface area contributed by atoms with Crippen LogP contribution in [0.4, 0.5) is 0 Å². The lowest BCUT2D eigenvalue weighted by Crippen LogP contribution is -2.66. The van der Waals surface area contributed by atoms with Crippen LogP contribution in [0.15, 0.2) is 109 Å². The average molecular weight is 1580 g/mol. The van der Waals surface area contributed by atoms with Crippen LogP contribution >= 0.6 is 0 Å². The summed E-state index contributed by atoms with van der Waals surface area (Å²) in [5.41, 5.74) is 0. The maximum atomic E-state index is 13.5. The summed E-state index contributed by atoms with van der Waals surface area (Å²) in [6.45, 7) is 1.64. The van der Waals surface area contributed by atoms with Crippen molar-refractivity contribution < 1.29 is 89.4 Å². The Morgan fingerprint density at radius 3 is 1.00 bits per heavy atom. The molecule has 0 saturated carbocycles. The number of ether oxygens (including phenoxy) is 6. The van der Waals surface area contributed by atoms with Gasteiger partial charge in [-0.25, -0.2) is 0 Å². The fourth-order valence-electron chi connectivity index (χ4n) is 14.7. The van der Waals surface area contributed by atoms with Crippen molar-refractivity contribution in [1.82, 2.24) is 5.32 Å². The van der Waals surface area contributed by atoms with E-state index in [4.69, 9.17) is 28.4 Å². The van der Waals surface area contributed by atoms with Gasteiger partial charge in [-0.05, 0) is 89.9 Å². The SMILES string of the molecule is CC/C=C\C/C=C\C/C=C\C/C=C\C/C=C\C/C=C\C/C=C\CCCCCCCCCCCCCCCCCC(=O)NC(COC1OC(CO)C(OC2OC(CO)C(OC3OC(CO)C(O)C(O)C3O)C(O)C2O)C(O)C1O)C(O)/C=C/CC/C=C/CCCCCCCCCCCCCCCCCCCCCCCCCC. The standard InChI is InChI=1S/C93H163NO18/c1-3-5-7-9-11-13-15-17-19-21-23-25-27-29-31-33-35-36-37-38-39-40-41-43-45-47-49-51-53-55-57-59-61-63-65-67-69-71-81(99)94-76(77(98)70-68-66-64-62-60-58-56-54-52-50-48-46-44-42-34-32-30-28-26-24-22-20-18-16-14-12-10-8-6-4-2)75-107-91-87(105)84(102)89(79(73-96)109-91)112-93-88(106)85(103)90(80(74-97)110-93)111-92-86(104)83(101)82(100)78(72-95)108-92/h5,7,11,13,17,19,23,25,29,31,35-36,38-39,60,62,68,70,76-80,82-93,95-98,100-106H,3-4,6,8-10,12,14-16,18,20-22,24,26-28,30,32-34,37,40-59,61,63-67,69,71-75H2,1-2H3,(H,94,99)/b7-5-,13-11-,19-17-,25-23-,31-29-,36-35-,39-38-,62-60+,70-68+. The molecule has 3 saturated heterocycles. The first-order valence-electron chi connectivity index (χ1n) is 45.1. The minimum absolute atomic E-state index is 0.231. The van der Waals surface area contributed by atoms with E-state index in [0.29, 0.717) is 12.8 Å². The van der Waals surface area contributed by atoms with Crippen LogP contribution in [0.2, 0.25) is 0 Å². The molecule has 3 fully saturated rings. The van der Waals surface area contributed by atoms with Gasteiger partial charge in [-0.3, -0.25) is 4.79 Å². The van der Waals surface area contributed by atoms with E-state index >= 15 is 0 Å². The van der Waals surface area contributed by atoms with Crippen LogP contribution in [0.25, 0.3) is 0 Å². The zero-order chi connectivity index (χ0) is 81.0. The Labute approximate surface area is 678 Å². The Morgan fingerprint density at radius 1 is 0.330 bits per heavy atom. The third kappa shape index (κ3) is 49.6. The van der Waals surface area contributed by atoms with Crippen molar-refractivity contribution >= 4 is 5.91 Å². The minimum Gasteiger partial charge on any atom is -0.394 e. The molecule has 12 N–H and O–H groups in total. The van der Waals surface area contributed by atoms with Gasteiger partial charge in [-0.15, -0.1) is 0 Å². The van der Waals surface area contributed by atoms with Crippen molar-refractivity contribution in [2.24, 2.45) is 0 Å². The molecule has 3 aliphatic heterocycles. The van der Waals surface area contributed by atoms with Gasteiger partial charge in [0.2, 0.25) is 5.91 Å². The van der Waals surface area contributed by atoms with Crippen LogP contribution in [0.5, 0.6) is 0 Å². The Bertz CT molecular complexity index is 2450. The van der Waals surface area contributed by atoms with Crippen LogP contribution in [-0.2, 0) is 33.2 Å². The second-order valence-electron chi connectivity index (χ2n) is 31.7. The van der Waals surface area contributed by atoms with E-state index in [1.165, 1.54) is 218 Å². The van der Waals surface area contributed by atoms with Gasteiger partial charge in [0.05, 0.1) is 38.6 Å². The molecule has 19 nitrogen and oxygen atoms in total. The maximum Gasteiger partial charge on any atom is 0.220 e. The van der Waals surface area contributed by atoms with Gasteiger partial charge in [0.25, 0.3) is 0 Å². The van der Waals surface area contributed by atoms with Gasteiger partial charge in [-0.1, -0.05) is 354 Å². The lowest BCUT2D eigenvalue weighted by Gasteiger charge is -2.48. The normalized spacial score (nSPS) is 25.5. The highest BCUT2D eigenvalue weighted by Crippen LogP contribution is 2.33. The number of aliphatic hydroxyl groups excluding tert-OH is 11. The first-order valence-corrected chi connectivity index (χ1v) is 45.1. The predicted octanol–water partition coefficient (Wildman–Crippen LogP) is 17.2. The molecule has 0 aromatic heterocycles. The third-order valence-electron chi connectivity index (χ3n) is 21.8. The molecule has 17 atom stereocenters. The van der Waals surface area contributed by atoms with E-state index in [2.05, 4.69) is 116 Å². The molecule has 0 radical (unpaired) electrons. The summed E-state index contributed by atoms with van der Waals surface area (Å²) in [6, 6.07) is -0.998. The first-order chi connectivity index (χ1) is 54.8. The van der Waals surface area contributed by atoms with Crippen LogP contribution in [-0.4, -0.2) is 193 Å². The molecule has 648 valence electrons. The number of allylic oxidation sites excluding steroid dienone is 17. The number of amides is 1. The number of nitrogens with one attached hydrogen (secondary N) is 1. The predicted molar refractivity (Wildman–Crippen MR) is 452 cm³/mol. The number of unbranched alkanes of at least 4 members (excludes halogenated alkanes) is 40. The molecule has 17 unspecified atom stereocenters. The fraction of sp³-hybridized carbons (Fsp3) is 0.796. The molecule has 3 heterocycles. The molecular formula is C93H163NO18. The summed E-state index contributed by atoms with van der Waals surface area (Å²) >= 11 is 0. The van der Waals surface area contributed by atoms with Gasteiger partial charge in [0, 0.05) is 6.42 Å². The van der Waals surface area contributed by atoms with Crippen LogP contribution in [0.1, 0.15) is 341 Å². The van der Waals surface area contributed by atoms with Crippen molar-refractivity contribution in [3.05, 3.63) is 109 Å². The molecule has 0 spiro atoms. The highest BCUT2D eigenvalue weighted by Gasteiger charge is 2.54. The fourth-order valence-corrected chi connectivity index (χ4v) is 14.7. The molecule has 0 aliphatic carbocycles. The zero-order valence-corrected chi connectivity index (χ0v) is 69.9. The number of hydrogen-bond acceptors (Lipinski definition) is 18. The van der Waals surface area contributed by atoms with Gasteiger partial charge in [0.15, 0.2) is 18.9 Å². The van der Waals surface area contributed by atoms with E-state index < -0.39 is 124 Å². The topological polar surface area (TPSA) is 307 Å². The number of aliphatic hydroxyl groups is 11. The summed E-state index contributed by atoms with van der Waals surface area (Å²) in [5, 5.41) is 121. The number of carbonyl (C=O) groups is 1. The molecule has 0 aromatic carbocycles. The number of rotatable bonds is 72. The molecule has 19 heteroatoms. The molecule has 3 rings (SSSR count). The lowest BCUT2D eigenvalue weighted by atomic mass is 9.96. The molecule has 0 bridgehead atoms. The second-order valence-corrected chi connectivity index (χ2v) is 31.7. The minimum atomic E-state index is -1.99. The van der Waals surface area contributed by atoms with E-state index in [9.17, 15) is 61.0 Å². The third-order valence-corrected chi connectivity index (χ3v) is 21.8. The molecular weight excluding hydrogens is 1420 g/mol. The van der Waals surface area contributed by atoms with Gasteiger partial charge >= 0.3 is 0 Å². The average Bonchev–Trinajstić information content (AvgIpc) is 0.781. The molecule has 3 aliphatic rings. The molecule has 112 heavy (non-hydrogen) atoms. The van der Waals surface area contributed by atoms with Crippen LogP contribution in [0.3, 0.4) is 0 Å². The molecule has 0 aromatic rings. The molecule has 1 amide bonds. The van der Waals surface area contributed by atoms with Gasteiger partial charge < -0.3 is 89.9 Å². The van der Waals surface area contributed by atoms with Crippen molar-refractivity contribution in [2.45, 2.75) is 446 Å².